The van der Waals surface area contributed by atoms with Crippen LogP contribution in [0.5, 0.6) is 5.75 Å². The summed E-state index contributed by atoms with van der Waals surface area (Å²) in [6, 6.07) is 1.34. The number of hydrogen-bond acceptors (Lipinski definition) is 5. The van der Waals surface area contributed by atoms with E-state index in [2.05, 4.69) is 0 Å². The van der Waals surface area contributed by atoms with Crippen molar-refractivity contribution >= 4 is 31.0 Å². The zero-order valence-corrected chi connectivity index (χ0v) is 13.6. The van der Waals surface area contributed by atoms with E-state index >= 15 is 0 Å². The molecule has 1 aliphatic heterocycles. The lowest BCUT2D eigenvalue weighted by atomic mass is 9.97. The molecule has 1 aliphatic rings. The van der Waals surface area contributed by atoms with Crippen LogP contribution < -0.4 is 4.74 Å². The lowest BCUT2D eigenvalue weighted by Gasteiger charge is -2.27. The van der Waals surface area contributed by atoms with Crippen LogP contribution in [-0.4, -0.2) is 44.7 Å². The van der Waals surface area contributed by atoms with Crippen LogP contribution in [0.3, 0.4) is 0 Å². The minimum absolute atomic E-state index is 0.00331. The molecule has 9 heteroatoms. The molecule has 0 aliphatic carbocycles. The number of nitro benzene ring substituents is 1. The summed E-state index contributed by atoms with van der Waals surface area (Å²) in [5, 5.41) is 11.1. The molecule has 0 spiro atoms. The predicted octanol–water partition coefficient (Wildman–Crippen LogP) is 3.06. The van der Waals surface area contributed by atoms with Gasteiger partial charge in [0.1, 0.15) is 0 Å². The van der Waals surface area contributed by atoms with Crippen LogP contribution in [0, 0.1) is 15.9 Å². The topological polar surface area (TPSA) is 64.8 Å². The maximum Gasteiger partial charge on any atom is 0.398 e. The molecule has 0 aromatic heterocycles. The van der Waals surface area contributed by atoms with E-state index in [1.807, 2.05) is 4.81 Å². The highest BCUT2D eigenvalue weighted by molar-refractivity contribution is 6.32. The van der Waals surface area contributed by atoms with Crippen molar-refractivity contribution in [1.29, 1.82) is 0 Å². The summed E-state index contributed by atoms with van der Waals surface area (Å²) < 4.78 is 24.3. The van der Waals surface area contributed by atoms with Gasteiger partial charge in [0.15, 0.2) is 0 Å². The highest BCUT2D eigenvalue weighted by Gasteiger charge is 2.27. The van der Waals surface area contributed by atoms with Crippen molar-refractivity contribution in [2.24, 2.45) is 0 Å². The first-order valence-electron chi connectivity index (χ1n) is 6.98. The van der Waals surface area contributed by atoms with Crippen molar-refractivity contribution in [3.8, 4) is 5.75 Å². The molecule has 0 saturated carbocycles. The van der Waals surface area contributed by atoms with Gasteiger partial charge in [-0.25, -0.2) is 0 Å². The van der Waals surface area contributed by atoms with Crippen molar-refractivity contribution < 1.29 is 18.7 Å². The third kappa shape index (κ3) is 4.01. The third-order valence-corrected chi connectivity index (χ3v) is 3.81. The van der Waals surface area contributed by atoms with Gasteiger partial charge in [-0.05, 0) is 25.5 Å². The maximum absolute atomic E-state index is 14.5. The second kappa shape index (κ2) is 7.76. The summed E-state index contributed by atoms with van der Waals surface area (Å²) in [4.78, 5) is 12.2. The van der Waals surface area contributed by atoms with Crippen LogP contribution in [0.4, 0.5) is 10.1 Å². The molecular formula is C14H16BClFN2O4. The molecular weight excluding hydrogens is 325 g/mol. The van der Waals surface area contributed by atoms with E-state index in [1.54, 1.807) is 20.8 Å². The first kappa shape index (κ1) is 17.7. The molecule has 1 saturated heterocycles. The Morgan fingerprint density at radius 2 is 2.26 bits per heavy atom. The Kier molecular flexibility index (Phi) is 5.98. The second-order valence-electron chi connectivity index (χ2n) is 5.12. The minimum Gasteiger partial charge on any atom is -0.489 e. The Morgan fingerprint density at radius 3 is 2.87 bits per heavy atom. The molecule has 6 nitrogen and oxygen atoms in total. The van der Waals surface area contributed by atoms with Gasteiger partial charge in [-0.3, -0.25) is 10.1 Å². The van der Waals surface area contributed by atoms with E-state index in [1.165, 1.54) is 13.2 Å². The van der Waals surface area contributed by atoms with E-state index in [-0.39, 0.29) is 16.3 Å². The molecule has 0 atom stereocenters. The minimum atomic E-state index is -0.948. The van der Waals surface area contributed by atoms with Crippen LogP contribution in [0.2, 0.25) is 5.02 Å². The van der Waals surface area contributed by atoms with Gasteiger partial charge in [-0.15, -0.1) is 0 Å². The molecule has 1 heterocycles. The molecule has 1 aromatic carbocycles. The van der Waals surface area contributed by atoms with Crippen LogP contribution in [0.25, 0.3) is 6.08 Å². The SMILES string of the molecule is CO[B]N1CCC/C(=C\c2cc(Cl)c(OC)c([N+](=O)[O-])c2F)C1. The first-order chi connectivity index (χ1) is 11.0. The average molecular weight is 342 g/mol. The van der Waals surface area contributed by atoms with Gasteiger partial charge in [-0.2, -0.15) is 4.39 Å². The number of piperidine rings is 1. The molecule has 0 N–H and O–H groups in total. The molecule has 123 valence electrons. The fourth-order valence-electron chi connectivity index (χ4n) is 2.58. The number of halogens is 2. The van der Waals surface area contributed by atoms with Gasteiger partial charge in [-0.1, -0.05) is 23.3 Å². The standard InChI is InChI=1S/C14H16BClFN2O4/c1-22-14-11(16)7-10(12(17)13(14)19(20)21)6-9-4-3-5-18(8-9)15-23-2/h6-7H,3-5,8H2,1-2H3/b9-6+. The summed E-state index contributed by atoms with van der Waals surface area (Å²) in [7, 11) is 4.38. The monoisotopic (exact) mass is 341 g/mol. The molecule has 1 radical (unpaired) electrons. The van der Waals surface area contributed by atoms with Gasteiger partial charge in [0, 0.05) is 19.2 Å². The number of rotatable bonds is 5. The van der Waals surface area contributed by atoms with Crippen molar-refractivity contribution in [3.63, 3.8) is 0 Å². The summed E-state index contributed by atoms with van der Waals surface area (Å²) in [5.41, 5.74) is 0.277. The summed E-state index contributed by atoms with van der Waals surface area (Å²) in [5.74, 6) is -1.22. The summed E-state index contributed by atoms with van der Waals surface area (Å²) in [6.45, 7) is 1.42. The number of ether oxygens (including phenoxy) is 1. The van der Waals surface area contributed by atoms with Crippen molar-refractivity contribution in [3.05, 3.63) is 38.2 Å². The summed E-state index contributed by atoms with van der Waals surface area (Å²) >= 11 is 5.98. The van der Waals surface area contributed by atoms with Gasteiger partial charge in [0.05, 0.1) is 17.1 Å². The van der Waals surface area contributed by atoms with E-state index in [9.17, 15) is 14.5 Å². The summed E-state index contributed by atoms with van der Waals surface area (Å²) in [6.07, 6.45) is 3.27. The van der Waals surface area contributed by atoms with Crippen LogP contribution in [0.15, 0.2) is 11.6 Å². The van der Waals surface area contributed by atoms with Gasteiger partial charge < -0.3 is 14.2 Å². The van der Waals surface area contributed by atoms with Crippen LogP contribution in [-0.2, 0) is 4.65 Å². The number of hydrogen-bond donors (Lipinski definition) is 0. The van der Waals surface area contributed by atoms with E-state index in [0.717, 1.165) is 25.0 Å². The maximum atomic E-state index is 14.5. The molecule has 0 unspecified atom stereocenters. The van der Waals surface area contributed by atoms with E-state index in [4.69, 9.17) is 21.0 Å². The number of nitrogens with zero attached hydrogens (tertiary/aromatic N) is 2. The Hall–Kier alpha value is -1.64. The fourth-order valence-corrected chi connectivity index (χ4v) is 2.87. The third-order valence-electron chi connectivity index (χ3n) is 3.53. The van der Waals surface area contributed by atoms with Gasteiger partial charge in [0.25, 0.3) is 0 Å². The molecule has 1 aromatic rings. The second-order valence-corrected chi connectivity index (χ2v) is 5.53. The van der Waals surface area contributed by atoms with E-state index < -0.39 is 16.4 Å². The Balaban J connectivity index is 2.40. The smallest absolute Gasteiger partial charge is 0.398 e. The zero-order chi connectivity index (χ0) is 17.0. The Bertz CT molecular complexity index is 640. The average Bonchev–Trinajstić information content (AvgIpc) is 2.50. The molecule has 2 rings (SSSR count). The Labute approximate surface area is 139 Å². The fraction of sp³-hybridized carbons (Fsp3) is 0.429. The molecule has 1 fully saturated rings. The molecule has 23 heavy (non-hydrogen) atoms. The van der Waals surface area contributed by atoms with Crippen LogP contribution in [0.1, 0.15) is 18.4 Å². The van der Waals surface area contributed by atoms with Gasteiger partial charge in [0.2, 0.25) is 11.6 Å². The Morgan fingerprint density at radius 1 is 1.52 bits per heavy atom. The van der Waals surface area contributed by atoms with Crippen molar-refractivity contribution in [2.45, 2.75) is 12.8 Å². The van der Waals surface area contributed by atoms with Gasteiger partial charge >= 0.3 is 13.3 Å². The number of benzene rings is 1. The van der Waals surface area contributed by atoms with Crippen molar-refractivity contribution in [2.75, 3.05) is 27.3 Å². The number of methoxy groups -OCH3 is 1. The lowest BCUT2D eigenvalue weighted by Crippen LogP contribution is -2.35. The first-order valence-corrected chi connectivity index (χ1v) is 7.35. The molecule has 0 amide bonds. The largest absolute Gasteiger partial charge is 0.489 e. The highest BCUT2D eigenvalue weighted by atomic mass is 35.5. The van der Waals surface area contributed by atoms with Crippen LogP contribution >= 0.6 is 11.6 Å². The highest BCUT2D eigenvalue weighted by Crippen LogP contribution is 2.39. The van der Waals surface area contributed by atoms with Crippen molar-refractivity contribution in [1.82, 2.24) is 4.81 Å². The zero-order valence-electron chi connectivity index (χ0n) is 12.8. The molecule has 0 bridgehead atoms. The quantitative estimate of drug-likeness (QED) is 0.468. The number of nitro groups is 1. The normalized spacial score (nSPS) is 17.3. The lowest BCUT2D eigenvalue weighted by molar-refractivity contribution is -0.388. The van der Waals surface area contributed by atoms with E-state index in [0.29, 0.717) is 6.54 Å². The predicted molar refractivity (Wildman–Crippen MR) is 86.2 cm³/mol.